The van der Waals surface area contributed by atoms with Crippen molar-refractivity contribution in [1.82, 2.24) is 0 Å². The summed E-state index contributed by atoms with van der Waals surface area (Å²) in [6, 6.07) is 0. The van der Waals surface area contributed by atoms with Crippen molar-refractivity contribution in [3.8, 4) is 0 Å². The second-order valence-corrected chi connectivity index (χ2v) is 4.94. The van der Waals surface area contributed by atoms with Crippen LogP contribution in [0.3, 0.4) is 0 Å². The molecule has 0 aromatic heterocycles. The van der Waals surface area contributed by atoms with Gasteiger partial charge in [-0.3, -0.25) is 19.2 Å². The number of ketones is 2. The van der Waals surface area contributed by atoms with E-state index in [0.717, 1.165) is 6.92 Å². The van der Waals surface area contributed by atoms with Crippen LogP contribution in [0.4, 0.5) is 0 Å². The van der Waals surface area contributed by atoms with Crippen molar-refractivity contribution in [2.24, 2.45) is 5.11 Å². The van der Waals surface area contributed by atoms with Gasteiger partial charge in [-0.15, -0.1) is 0 Å². The number of aliphatic hydroxyl groups excluding tert-OH is 1. The summed E-state index contributed by atoms with van der Waals surface area (Å²) < 4.78 is 4.38. The molecule has 0 aromatic carbocycles. The van der Waals surface area contributed by atoms with Crippen molar-refractivity contribution in [1.29, 1.82) is 0 Å². The van der Waals surface area contributed by atoms with E-state index < -0.39 is 53.5 Å². The molecule has 4 N–H and O–H groups in total. The van der Waals surface area contributed by atoms with Gasteiger partial charge in [0.1, 0.15) is 12.7 Å². The number of hydrogen-bond acceptors (Lipinski definition) is 10. The molecule has 0 rings (SSSR count). The molecule has 12 nitrogen and oxygen atoms in total. The van der Waals surface area contributed by atoms with E-state index >= 15 is 0 Å². The third-order valence-electron chi connectivity index (χ3n) is 3.42. The van der Waals surface area contributed by atoms with Gasteiger partial charge < -0.3 is 25.2 Å². The molecule has 0 aliphatic rings. The molecule has 0 aliphatic carbocycles. The molecule has 0 saturated heterocycles. The predicted molar refractivity (Wildman–Crippen MR) is 74.1 cm³/mol. The van der Waals surface area contributed by atoms with Gasteiger partial charge in [-0.25, -0.2) is 0 Å². The minimum absolute atomic E-state index is 0.563. The molecule has 0 aromatic rings. The Hall–Kier alpha value is -2.37. The van der Waals surface area contributed by atoms with E-state index in [1.165, 1.54) is 0 Å². The molecule has 0 heterocycles. The van der Waals surface area contributed by atoms with Gasteiger partial charge in [0, 0.05) is 11.8 Å². The zero-order chi connectivity index (χ0) is 19.3. The smallest absolute Gasteiger partial charge is 0.302 e. The van der Waals surface area contributed by atoms with Gasteiger partial charge in [0.05, 0.1) is 0 Å². The highest BCUT2D eigenvalue weighted by molar-refractivity contribution is 6.01. The molecule has 0 aliphatic heterocycles. The second-order valence-electron chi connectivity index (χ2n) is 4.94. The lowest BCUT2D eigenvalue weighted by Crippen LogP contribution is -2.77. The van der Waals surface area contributed by atoms with Crippen molar-refractivity contribution in [2.45, 2.75) is 43.8 Å². The fourth-order valence-corrected chi connectivity index (χ4v) is 2.10. The Morgan fingerprint density at radius 2 is 1.71 bits per heavy atom. The van der Waals surface area contributed by atoms with Gasteiger partial charge in [-0.1, -0.05) is 0 Å². The molecular formula is C12H17N3O9. The molecule has 0 fully saturated rings. The maximum Gasteiger partial charge on any atom is 0.302 e. The number of aliphatic hydroxyl groups is 4. The number of rotatable bonds is 9. The van der Waals surface area contributed by atoms with Crippen molar-refractivity contribution in [2.75, 3.05) is 6.61 Å². The van der Waals surface area contributed by atoms with E-state index in [4.69, 9.17) is 5.53 Å². The monoisotopic (exact) mass is 347 g/mol. The first-order valence-electron chi connectivity index (χ1n) is 6.38. The number of nitrogens with zero attached hydrogens (tertiary/aromatic N) is 3. The quantitative estimate of drug-likeness (QED) is 0.116. The fourth-order valence-electron chi connectivity index (χ4n) is 2.10. The highest BCUT2D eigenvalue weighted by Crippen LogP contribution is 2.38. The zero-order valence-electron chi connectivity index (χ0n) is 13.0. The van der Waals surface area contributed by atoms with E-state index in [2.05, 4.69) is 14.8 Å². The van der Waals surface area contributed by atoms with Gasteiger partial charge in [0.15, 0.2) is 23.5 Å². The number of Topliss-reactive ketones (excluding diaryl/α,β-unsaturated/α-hetero) is 2. The highest BCUT2D eigenvalue weighted by atomic mass is 16.5. The molecule has 24 heavy (non-hydrogen) atoms. The van der Waals surface area contributed by atoms with Crippen molar-refractivity contribution < 1.29 is 44.3 Å². The van der Waals surface area contributed by atoms with E-state index in [9.17, 15) is 39.6 Å². The molecule has 0 amide bonds. The van der Waals surface area contributed by atoms with Crippen molar-refractivity contribution >= 4 is 23.8 Å². The van der Waals surface area contributed by atoms with Crippen LogP contribution in [0.5, 0.6) is 0 Å². The summed E-state index contributed by atoms with van der Waals surface area (Å²) in [5.41, 5.74) is -2.53. The van der Waals surface area contributed by atoms with Gasteiger partial charge in [0.2, 0.25) is 11.3 Å². The molecule has 0 radical (unpaired) electrons. The minimum atomic E-state index is -3.76. The van der Waals surface area contributed by atoms with Crippen molar-refractivity contribution in [3.05, 3.63) is 10.4 Å². The van der Waals surface area contributed by atoms with E-state index in [0.29, 0.717) is 13.8 Å². The first-order chi connectivity index (χ1) is 10.8. The summed E-state index contributed by atoms with van der Waals surface area (Å²) in [6.07, 6.45) is -3.03. The predicted octanol–water partition coefficient (Wildman–Crippen LogP) is -2.25. The average Bonchev–Trinajstić information content (AvgIpc) is 2.50. The van der Waals surface area contributed by atoms with Gasteiger partial charge in [0.25, 0.3) is 0 Å². The lowest BCUT2D eigenvalue weighted by atomic mass is 9.68. The van der Waals surface area contributed by atoms with Crippen LogP contribution in [0.2, 0.25) is 0 Å². The molecule has 0 bridgehead atoms. The Balaban J connectivity index is 6.53. The third kappa shape index (κ3) is 3.27. The topological polar surface area (TPSA) is 207 Å². The Morgan fingerprint density at radius 1 is 1.21 bits per heavy atom. The lowest BCUT2D eigenvalue weighted by molar-refractivity contribution is -0.247. The van der Waals surface area contributed by atoms with Gasteiger partial charge in [-0.2, -0.15) is 0 Å². The largest absolute Gasteiger partial charge is 0.463 e. The van der Waals surface area contributed by atoms with E-state index in [1.54, 1.807) is 0 Å². The van der Waals surface area contributed by atoms with Crippen LogP contribution in [0.15, 0.2) is 5.11 Å². The molecule has 0 saturated carbocycles. The minimum Gasteiger partial charge on any atom is -0.463 e. The highest BCUT2D eigenvalue weighted by Gasteiger charge is 2.70. The Morgan fingerprint density at radius 3 is 2.00 bits per heavy atom. The zero-order valence-corrected chi connectivity index (χ0v) is 13.0. The first-order valence-corrected chi connectivity index (χ1v) is 6.38. The number of azide groups is 1. The van der Waals surface area contributed by atoms with Crippen LogP contribution in [0.1, 0.15) is 20.8 Å². The number of carbonyl (C=O) groups is 4. The number of carbonyl (C=O) groups excluding carboxylic acids is 4. The standard InChI is InChI=1S/C12H17N3O9/c1-6(17)11(22,9(20)4-24-8(3)19)12(23,7(2)18)10(21,5-16)14-15-13/h5,9,20-23H,4H2,1-3H3/t9-,10+,11+,12-/m1/s1. The Bertz CT molecular complexity index is 603. The number of esters is 1. The van der Waals surface area contributed by atoms with Crippen LogP contribution in [-0.4, -0.2) is 73.9 Å². The van der Waals surface area contributed by atoms with Crippen molar-refractivity contribution in [3.63, 3.8) is 0 Å². The summed E-state index contributed by atoms with van der Waals surface area (Å²) in [5.74, 6) is -4.00. The number of aldehydes is 1. The number of hydrogen-bond donors (Lipinski definition) is 4. The summed E-state index contributed by atoms with van der Waals surface area (Å²) >= 11 is 0. The second kappa shape index (κ2) is 7.47. The molecule has 134 valence electrons. The normalized spacial score (nSPS) is 19.5. The molecule has 0 unspecified atom stereocenters. The Kier molecular flexibility index (Phi) is 6.73. The third-order valence-corrected chi connectivity index (χ3v) is 3.42. The van der Waals surface area contributed by atoms with Crippen LogP contribution < -0.4 is 0 Å². The fraction of sp³-hybridized carbons (Fsp3) is 0.667. The maximum absolute atomic E-state index is 11.9. The van der Waals surface area contributed by atoms with Gasteiger partial charge in [-0.05, 0) is 24.5 Å². The molecule has 4 atom stereocenters. The average molecular weight is 347 g/mol. The van der Waals surface area contributed by atoms with Crippen LogP contribution in [0.25, 0.3) is 10.4 Å². The molecule has 0 spiro atoms. The van der Waals surface area contributed by atoms with Gasteiger partial charge >= 0.3 is 5.97 Å². The maximum atomic E-state index is 11.9. The lowest BCUT2D eigenvalue weighted by Gasteiger charge is -2.46. The van der Waals surface area contributed by atoms with E-state index in [-0.39, 0.29) is 0 Å². The van der Waals surface area contributed by atoms with Crippen LogP contribution in [-0.2, 0) is 23.9 Å². The molecular weight excluding hydrogens is 330 g/mol. The Labute approximate surface area is 135 Å². The SMILES string of the molecule is CC(=O)OC[C@@H](O)[C@@](O)(C(C)=O)[C@@](O)(C(C)=O)[C@@](O)(C=O)N=[N+]=[N-]. The van der Waals surface area contributed by atoms with Crippen LogP contribution in [0, 0.1) is 0 Å². The summed E-state index contributed by atoms with van der Waals surface area (Å²) in [5, 5.41) is 43.6. The summed E-state index contributed by atoms with van der Waals surface area (Å²) in [4.78, 5) is 47.7. The summed E-state index contributed by atoms with van der Waals surface area (Å²) in [6.45, 7) is 1.03. The van der Waals surface area contributed by atoms with Crippen LogP contribution >= 0.6 is 0 Å². The molecule has 12 heteroatoms. The first kappa shape index (κ1) is 21.6. The van der Waals surface area contributed by atoms with E-state index in [1.807, 2.05) is 0 Å². The number of ether oxygens (including phenoxy) is 1. The summed E-state index contributed by atoms with van der Waals surface area (Å²) in [7, 11) is 0.